The van der Waals surface area contributed by atoms with Gasteiger partial charge in [0.25, 0.3) is 0 Å². The van der Waals surface area contributed by atoms with Crippen LogP contribution in [-0.2, 0) is 21.1 Å². The fourth-order valence-corrected chi connectivity index (χ4v) is 4.92. The number of benzene rings is 1. The topological polar surface area (TPSA) is 76.8 Å². The van der Waals surface area contributed by atoms with Crippen LogP contribution in [0, 0.1) is 0 Å². The van der Waals surface area contributed by atoms with Gasteiger partial charge >= 0.3 is 5.97 Å². The summed E-state index contributed by atoms with van der Waals surface area (Å²) in [6.45, 7) is 2.45. The molecule has 1 aliphatic heterocycles. The lowest BCUT2D eigenvalue weighted by molar-refractivity contribution is 0.0489. The summed E-state index contributed by atoms with van der Waals surface area (Å²) in [4.78, 5) is 14.2. The zero-order valence-corrected chi connectivity index (χ0v) is 14.6. The highest BCUT2D eigenvalue weighted by Crippen LogP contribution is 2.29. The van der Waals surface area contributed by atoms with Gasteiger partial charge in [0.05, 0.1) is 18.1 Å². The van der Waals surface area contributed by atoms with E-state index in [9.17, 15) is 13.2 Å². The minimum Gasteiger partial charge on any atom is -0.460 e. The number of hydrogen-bond donors (Lipinski definition) is 0. The van der Waals surface area contributed by atoms with Crippen molar-refractivity contribution in [2.75, 3.05) is 25.2 Å². The summed E-state index contributed by atoms with van der Waals surface area (Å²) < 4.78 is 34.2. The Morgan fingerprint density at radius 2 is 2.12 bits per heavy atom. The minimum atomic E-state index is -2.95. The standard InChI is InChI=1S/C17H21NO5S/c1-3-22-17(19)16-14(13-6-4-5-7-15(13)23-16)10-18(2)12-8-9-24(20,21)11-12/h4-7,12H,3,8-11H2,1-2H3/t12-/m1/s1. The number of carbonyl (C=O) groups is 1. The number of fused-ring (bicyclic) bond motifs is 1. The summed E-state index contributed by atoms with van der Waals surface area (Å²) in [6.07, 6.45) is 0.614. The van der Waals surface area contributed by atoms with E-state index in [1.807, 2.05) is 36.2 Å². The van der Waals surface area contributed by atoms with Gasteiger partial charge in [0.1, 0.15) is 5.58 Å². The number of rotatable bonds is 5. The second-order valence-corrected chi connectivity index (χ2v) is 8.33. The van der Waals surface area contributed by atoms with Gasteiger partial charge in [-0.25, -0.2) is 13.2 Å². The van der Waals surface area contributed by atoms with Crippen LogP contribution in [0.4, 0.5) is 0 Å². The highest BCUT2D eigenvalue weighted by atomic mass is 32.2. The molecule has 0 bridgehead atoms. The molecule has 0 saturated carbocycles. The molecule has 24 heavy (non-hydrogen) atoms. The molecule has 2 heterocycles. The molecule has 1 atom stereocenters. The van der Waals surface area contributed by atoms with Crippen LogP contribution >= 0.6 is 0 Å². The molecule has 0 aliphatic carbocycles. The second kappa shape index (κ2) is 6.57. The van der Waals surface area contributed by atoms with Crippen LogP contribution in [0.2, 0.25) is 0 Å². The summed E-state index contributed by atoms with van der Waals surface area (Å²) in [7, 11) is -1.08. The Morgan fingerprint density at radius 1 is 1.38 bits per heavy atom. The SMILES string of the molecule is CCOC(=O)c1oc2ccccc2c1CN(C)[C@@H]1CCS(=O)(=O)C1. The van der Waals surface area contributed by atoms with Crippen molar-refractivity contribution in [1.29, 1.82) is 0 Å². The molecule has 6 nitrogen and oxygen atoms in total. The quantitative estimate of drug-likeness (QED) is 0.769. The lowest BCUT2D eigenvalue weighted by Gasteiger charge is -2.22. The van der Waals surface area contributed by atoms with Crippen LogP contribution in [0.5, 0.6) is 0 Å². The predicted molar refractivity (Wildman–Crippen MR) is 90.7 cm³/mol. The first-order valence-electron chi connectivity index (χ1n) is 7.99. The van der Waals surface area contributed by atoms with Crippen molar-refractivity contribution in [1.82, 2.24) is 4.90 Å². The second-order valence-electron chi connectivity index (χ2n) is 6.10. The lowest BCUT2D eigenvalue weighted by atomic mass is 10.1. The molecule has 1 aromatic carbocycles. The Bertz CT molecular complexity index is 855. The van der Waals surface area contributed by atoms with Crippen LogP contribution in [0.3, 0.4) is 0 Å². The molecule has 0 amide bonds. The largest absolute Gasteiger partial charge is 0.460 e. The minimum absolute atomic E-state index is 0.0429. The van der Waals surface area contributed by atoms with E-state index in [-0.39, 0.29) is 29.9 Å². The average Bonchev–Trinajstić information content (AvgIpc) is 3.08. The first-order chi connectivity index (χ1) is 11.4. The number of para-hydroxylation sites is 1. The third-order valence-electron chi connectivity index (χ3n) is 4.40. The molecular formula is C17H21NO5S. The molecular weight excluding hydrogens is 330 g/mol. The van der Waals surface area contributed by atoms with E-state index in [0.717, 1.165) is 10.9 Å². The van der Waals surface area contributed by atoms with Crippen molar-refractivity contribution in [3.05, 3.63) is 35.6 Å². The molecule has 0 N–H and O–H groups in total. The number of nitrogens with zero attached hydrogens (tertiary/aromatic N) is 1. The van der Waals surface area contributed by atoms with E-state index in [1.165, 1.54) is 0 Å². The number of hydrogen-bond acceptors (Lipinski definition) is 6. The maximum Gasteiger partial charge on any atom is 0.374 e. The van der Waals surface area contributed by atoms with E-state index < -0.39 is 15.8 Å². The highest BCUT2D eigenvalue weighted by Gasteiger charge is 2.32. The fraction of sp³-hybridized carbons (Fsp3) is 0.471. The van der Waals surface area contributed by atoms with Crippen LogP contribution < -0.4 is 0 Å². The van der Waals surface area contributed by atoms with Crippen molar-refractivity contribution in [2.24, 2.45) is 0 Å². The number of carbonyl (C=O) groups excluding carboxylic acids is 1. The van der Waals surface area contributed by atoms with E-state index in [4.69, 9.17) is 9.15 Å². The zero-order valence-electron chi connectivity index (χ0n) is 13.8. The number of sulfone groups is 1. The van der Waals surface area contributed by atoms with Crippen LogP contribution in [0.25, 0.3) is 11.0 Å². The molecule has 1 saturated heterocycles. The van der Waals surface area contributed by atoms with Gasteiger partial charge in [-0.3, -0.25) is 4.90 Å². The first kappa shape index (κ1) is 17.0. The van der Waals surface area contributed by atoms with Crippen LogP contribution in [0.15, 0.2) is 28.7 Å². The molecule has 0 unspecified atom stereocenters. The third kappa shape index (κ3) is 3.32. The summed E-state index contributed by atoms with van der Waals surface area (Å²) in [6, 6.07) is 7.39. The molecule has 2 aromatic rings. The molecule has 1 aromatic heterocycles. The van der Waals surface area contributed by atoms with Gasteiger partial charge in [0.2, 0.25) is 5.76 Å². The predicted octanol–water partition coefficient (Wildman–Crippen LogP) is 2.23. The molecule has 0 spiro atoms. The Balaban J connectivity index is 1.92. The fourth-order valence-electron chi connectivity index (χ4n) is 3.12. The Hall–Kier alpha value is -1.86. The van der Waals surface area contributed by atoms with Gasteiger partial charge in [-0.05, 0) is 26.5 Å². The van der Waals surface area contributed by atoms with Gasteiger partial charge in [0, 0.05) is 23.5 Å². The molecule has 7 heteroatoms. The van der Waals surface area contributed by atoms with Crippen LogP contribution in [0.1, 0.15) is 29.5 Å². The average molecular weight is 351 g/mol. The maximum absolute atomic E-state index is 12.2. The zero-order chi connectivity index (χ0) is 17.3. The molecule has 3 rings (SSSR count). The Kier molecular flexibility index (Phi) is 4.64. The van der Waals surface area contributed by atoms with E-state index in [0.29, 0.717) is 18.5 Å². The number of esters is 1. The van der Waals surface area contributed by atoms with Crippen molar-refractivity contribution in [3.8, 4) is 0 Å². The van der Waals surface area contributed by atoms with Crippen molar-refractivity contribution in [2.45, 2.75) is 25.9 Å². The summed E-state index contributed by atoms with van der Waals surface area (Å²) in [5.74, 6) is 0.0919. The van der Waals surface area contributed by atoms with E-state index in [2.05, 4.69) is 0 Å². The van der Waals surface area contributed by atoms with E-state index in [1.54, 1.807) is 6.92 Å². The molecule has 1 fully saturated rings. The van der Waals surface area contributed by atoms with Gasteiger partial charge in [-0.15, -0.1) is 0 Å². The molecule has 1 aliphatic rings. The van der Waals surface area contributed by atoms with Crippen molar-refractivity contribution in [3.63, 3.8) is 0 Å². The monoisotopic (exact) mass is 351 g/mol. The van der Waals surface area contributed by atoms with Gasteiger partial charge < -0.3 is 9.15 Å². The first-order valence-corrected chi connectivity index (χ1v) is 9.81. The summed E-state index contributed by atoms with van der Waals surface area (Å²) in [5.41, 5.74) is 1.37. The van der Waals surface area contributed by atoms with Gasteiger partial charge in [-0.2, -0.15) is 0 Å². The van der Waals surface area contributed by atoms with Gasteiger partial charge in [0.15, 0.2) is 9.84 Å². The van der Waals surface area contributed by atoms with E-state index >= 15 is 0 Å². The summed E-state index contributed by atoms with van der Waals surface area (Å²) >= 11 is 0. The highest BCUT2D eigenvalue weighted by molar-refractivity contribution is 7.91. The maximum atomic E-state index is 12.2. The Morgan fingerprint density at radius 3 is 2.79 bits per heavy atom. The smallest absolute Gasteiger partial charge is 0.374 e. The summed E-state index contributed by atoms with van der Waals surface area (Å²) in [5, 5.41) is 0.855. The lowest BCUT2D eigenvalue weighted by Crippen LogP contribution is -2.32. The Labute approximate surface area is 141 Å². The van der Waals surface area contributed by atoms with Crippen molar-refractivity contribution >= 4 is 26.8 Å². The van der Waals surface area contributed by atoms with Gasteiger partial charge in [-0.1, -0.05) is 18.2 Å². The molecule has 0 radical (unpaired) electrons. The normalized spacial score (nSPS) is 19.9. The van der Waals surface area contributed by atoms with Crippen molar-refractivity contribution < 1.29 is 22.4 Å². The number of furan rings is 1. The van der Waals surface area contributed by atoms with Crippen LogP contribution in [-0.4, -0.2) is 50.5 Å². The third-order valence-corrected chi connectivity index (χ3v) is 6.15. The number of ether oxygens (including phenoxy) is 1. The molecule has 130 valence electrons.